The van der Waals surface area contributed by atoms with Crippen molar-refractivity contribution in [2.45, 2.75) is 92.6 Å². The molecule has 1 aromatic heterocycles. The van der Waals surface area contributed by atoms with Crippen molar-refractivity contribution in [3.05, 3.63) is 106 Å². The standard InChI is InChI=1S/C22H24FN3O.C9H9O.C8H18.U/c1-16(2)14-26-11-9-19(10-12-26)21-8-7-20(23)22(25-21)27-15-18-5-3-17(13-24)4-6-18;1-7-3-4-9(6-10)5-8(7)2;1-4-6-7-8(3)5-2;/h3-8,19H,1,9-12,14-15H2,2H3;3-5H,1-2H3;8H,4-7H2,1-3H3;/q;-1;;. The molecule has 2 heterocycles. The van der Waals surface area contributed by atoms with Crippen molar-refractivity contribution in [3.63, 3.8) is 0 Å². The maximum Gasteiger partial charge on any atom is 0.250 e. The van der Waals surface area contributed by atoms with Crippen LogP contribution in [0.5, 0.6) is 5.88 Å². The number of aryl methyl sites for hydroxylation is 2. The molecule has 46 heavy (non-hydrogen) atoms. The molecule has 7 heteroatoms. The Balaban J connectivity index is 0.000000457. The summed E-state index contributed by atoms with van der Waals surface area (Å²) in [5.74, 6) is 0.868. The molecule has 1 unspecified atom stereocenters. The maximum absolute atomic E-state index is 14.1. The molecule has 0 aliphatic carbocycles. The summed E-state index contributed by atoms with van der Waals surface area (Å²) in [6.07, 6.45) is 9.38. The van der Waals surface area contributed by atoms with Gasteiger partial charge in [-0.25, -0.2) is 9.37 Å². The quantitative estimate of drug-likeness (QED) is 0.142. The summed E-state index contributed by atoms with van der Waals surface area (Å²) >= 11 is 0. The Morgan fingerprint density at radius 2 is 1.78 bits per heavy atom. The van der Waals surface area contributed by atoms with E-state index in [9.17, 15) is 9.18 Å². The van der Waals surface area contributed by atoms with Gasteiger partial charge >= 0.3 is 0 Å². The monoisotopic (exact) mass is 850 g/mol. The Labute approximate surface area is 301 Å². The van der Waals surface area contributed by atoms with E-state index in [1.165, 1.54) is 42.9 Å². The number of carbonyl (C=O) groups excluding carboxylic acids is 1. The fraction of sp³-hybridized carbons (Fsp3) is 0.462. The molecule has 1 aliphatic heterocycles. The van der Waals surface area contributed by atoms with E-state index in [2.05, 4.69) is 43.3 Å². The summed E-state index contributed by atoms with van der Waals surface area (Å²) < 4.78 is 19.7. The van der Waals surface area contributed by atoms with E-state index in [0.717, 1.165) is 55.2 Å². The third kappa shape index (κ3) is 15.2. The first-order chi connectivity index (χ1) is 21.6. The van der Waals surface area contributed by atoms with Crippen LogP contribution in [0.3, 0.4) is 0 Å². The van der Waals surface area contributed by atoms with Crippen LogP contribution >= 0.6 is 0 Å². The molecule has 0 bridgehead atoms. The minimum absolute atomic E-state index is 0. The number of ether oxygens (including phenoxy) is 1. The smallest absolute Gasteiger partial charge is 0.250 e. The number of piperidine rings is 1. The van der Waals surface area contributed by atoms with Gasteiger partial charge in [-0.1, -0.05) is 83.2 Å². The molecule has 5 nitrogen and oxygen atoms in total. The third-order valence-corrected chi connectivity index (χ3v) is 8.17. The van der Waals surface area contributed by atoms with Crippen LogP contribution in [-0.4, -0.2) is 35.8 Å². The van der Waals surface area contributed by atoms with Gasteiger partial charge in [0.05, 0.1) is 17.9 Å². The van der Waals surface area contributed by atoms with Gasteiger partial charge in [0, 0.05) is 49.3 Å². The van der Waals surface area contributed by atoms with E-state index in [0.29, 0.717) is 17.0 Å². The first-order valence-electron chi connectivity index (χ1n) is 16.2. The molecule has 0 saturated carbocycles. The maximum atomic E-state index is 14.1. The number of nitriles is 1. The number of pyridine rings is 1. The molecule has 0 amide bonds. The van der Waals surface area contributed by atoms with Gasteiger partial charge < -0.3 is 9.53 Å². The van der Waals surface area contributed by atoms with Gasteiger partial charge in [-0.05, 0) is 75.5 Å². The van der Waals surface area contributed by atoms with Crippen LogP contribution in [0.2, 0.25) is 0 Å². The molecule has 246 valence electrons. The van der Waals surface area contributed by atoms with Crippen LogP contribution in [0.1, 0.15) is 106 Å². The number of benzene rings is 2. The zero-order valence-electron chi connectivity index (χ0n) is 28.7. The Hall–Kier alpha value is -2.77. The number of unbranched alkanes of at least 4 members (excludes halogenated alkanes) is 1. The summed E-state index contributed by atoms with van der Waals surface area (Å²) in [6.45, 7) is 20.0. The Bertz CT molecular complexity index is 1380. The van der Waals surface area contributed by atoms with Crippen molar-refractivity contribution in [3.8, 4) is 11.9 Å². The van der Waals surface area contributed by atoms with Crippen LogP contribution in [0.4, 0.5) is 4.39 Å². The number of aromatic nitrogens is 1. The van der Waals surface area contributed by atoms with Crippen molar-refractivity contribution in [2.75, 3.05) is 19.6 Å². The molecule has 1 saturated heterocycles. The number of halogens is 1. The van der Waals surface area contributed by atoms with Crippen molar-refractivity contribution in [1.82, 2.24) is 9.88 Å². The molecule has 2 aromatic carbocycles. The fourth-order valence-corrected chi connectivity index (χ4v) is 4.92. The molecule has 3 aromatic rings. The van der Waals surface area contributed by atoms with Crippen molar-refractivity contribution >= 4 is 6.29 Å². The average molecular weight is 851 g/mol. The topological polar surface area (TPSA) is 66.2 Å². The zero-order valence-corrected chi connectivity index (χ0v) is 32.8. The molecule has 1 atom stereocenters. The van der Waals surface area contributed by atoms with E-state index in [1.54, 1.807) is 36.4 Å². The van der Waals surface area contributed by atoms with Gasteiger partial charge in [0.2, 0.25) is 0 Å². The number of hydrogen-bond donors (Lipinski definition) is 0. The van der Waals surface area contributed by atoms with Gasteiger partial charge in [-0.2, -0.15) is 23.0 Å². The molecule has 0 N–H and O–H groups in total. The fourth-order valence-electron chi connectivity index (χ4n) is 4.92. The predicted molar refractivity (Wildman–Crippen MR) is 183 cm³/mol. The van der Waals surface area contributed by atoms with E-state index in [4.69, 9.17) is 10.00 Å². The minimum Gasteiger partial charge on any atom is -0.471 e. The molecule has 1 fully saturated rings. The van der Waals surface area contributed by atoms with E-state index < -0.39 is 5.82 Å². The van der Waals surface area contributed by atoms with E-state index in [1.807, 2.05) is 39.2 Å². The van der Waals surface area contributed by atoms with Gasteiger partial charge in [-0.15, -0.1) is 11.6 Å². The van der Waals surface area contributed by atoms with Crippen molar-refractivity contribution in [2.24, 2.45) is 5.92 Å². The third-order valence-electron chi connectivity index (χ3n) is 8.17. The zero-order chi connectivity index (χ0) is 33.2. The molecule has 4 rings (SSSR count). The second-order valence-corrected chi connectivity index (χ2v) is 12.2. The largest absolute Gasteiger partial charge is 0.471 e. The molecule has 0 radical (unpaired) electrons. The molecule has 1 aliphatic rings. The molecular weight excluding hydrogens is 799 g/mol. The Morgan fingerprint density at radius 3 is 2.33 bits per heavy atom. The Morgan fingerprint density at radius 1 is 1.11 bits per heavy atom. The van der Waals surface area contributed by atoms with Gasteiger partial charge in [0.25, 0.3) is 5.88 Å². The van der Waals surface area contributed by atoms with Crippen LogP contribution in [0, 0.1) is 68.0 Å². The van der Waals surface area contributed by atoms with Gasteiger partial charge in [0.15, 0.2) is 5.82 Å². The van der Waals surface area contributed by atoms with Crippen LogP contribution in [0.25, 0.3) is 0 Å². The van der Waals surface area contributed by atoms with E-state index in [-0.39, 0.29) is 43.6 Å². The number of hydrogen-bond acceptors (Lipinski definition) is 5. The Kier molecular flexibility index (Phi) is 20.4. The summed E-state index contributed by atoms with van der Waals surface area (Å²) in [5.41, 5.74) is 6.49. The SMILES string of the molecule is C=C(C)CN1CCC(c2ccc(F)c(OCc3ccc(C#N)cc3)n2)CC1.CCCCC(C)CC.Cc1ccc([C-]=O)cc1C.[U]. The second-order valence-electron chi connectivity index (χ2n) is 12.2. The van der Waals surface area contributed by atoms with Crippen molar-refractivity contribution in [1.29, 1.82) is 5.26 Å². The van der Waals surface area contributed by atoms with E-state index >= 15 is 0 Å². The number of nitrogens with zero attached hydrogens (tertiary/aromatic N) is 3. The van der Waals surface area contributed by atoms with Gasteiger partial charge in [-0.3, -0.25) is 4.90 Å². The first kappa shape index (κ1) is 41.3. The van der Waals surface area contributed by atoms with Gasteiger partial charge in [0.1, 0.15) is 6.61 Å². The van der Waals surface area contributed by atoms with Crippen LogP contribution in [0.15, 0.2) is 66.7 Å². The number of rotatable bonds is 11. The summed E-state index contributed by atoms with van der Waals surface area (Å²) in [7, 11) is 0. The minimum atomic E-state index is -0.452. The summed E-state index contributed by atoms with van der Waals surface area (Å²) in [4.78, 5) is 17.0. The number of likely N-dealkylation sites (tertiary alicyclic amines) is 1. The second kappa shape index (κ2) is 22.7. The summed E-state index contributed by atoms with van der Waals surface area (Å²) in [6, 6.07) is 17.9. The molecular formula is C39H51FN3O2U-. The normalized spacial score (nSPS) is 13.4. The average Bonchev–Trinajstić information content (AvgIpc) is 3.05. The summed E-state index contributed by atoms with van der Waals surface area (Å²) in [5, 5.41) is 8.84. The van der Waals surface area contributed by atoms with Crippen LogP contribution < -0.4 is 4.74 Å². The van der Waals surface area contributed by atoms with Crippen molar-refractivity contribution < 1.29 is 45.0 Å². The van der Waals surface area contributed by atoms with Crippen LogP contribution in [-0.2, 0) is 11.4 Å². The first-order valence-corrected chi connectivity index (χ1v) is 16.2. The predicted octanol–water partition coefficient (Wildman–Crippen LogP) is 9.41. The molecule has 0 spiro atoms.